The molecule has 1 N–H and O–H groups in total. The molecule has 0 saturated heterocycles. The van der Waals surface area contributed by atoms with Crippen LogP contribution in [0.15, 0.2) is 60.7 Å². The van der Waals surface area contributed by atoms with E-state index in [-0.39, 0.29) is 6.07 Å². The molecule has 0 aliphatic heterocycles. The minimum atomic E-state index is -2.77. The Morgan fingerprint density at radius 1 is 0.900 bits per heavy atom. The molecular formula is C15H18ClO3P. The highest BCUT2D eigenvalue weighted by Gasteiger charge is 1.93. The fraction of sp³-hybridized carbons (Fsp3) is 0.200. The summed E-state index contributed by atoms with van der Waals surface area (Å²) in [5, 5.41) is 0. The van der Waals surface area contributed by atoms with E-state index in [0.29, 0.717) is 0 Å². The molecule has 1 unspecified atom stereocenters. The summed E-state index contributed by atoms with van der Waals surface area (Å²) >= 11 is 4.84. The molecule has 0 saturated carbocycles. The Labute approximate surface area is 125 Å². The topological polar surface area (TPSA) is 46.5 Å². The van der Waals surface area contributed by atoms with Crippen molar-refractivity contribution in [1.82, 2.24) is 0 Å². The van der Waals surface area contributed by atoms with Gasteiger partial charge in [0.15, 0.2) is 0 Å². The van der Waals surface area contributed by atoms with Crippen molar-refractivity contribution in [2.45, 2.75) is 12.8 Å². The van der Waals surface area contributed by atoms with Gasteiger partial charge in [-0.3, -0.25) is 9.09 Å². The molecule has 0 bridgehead atoms. The van der Waals surface area contributed by atoms with Crippen LogP contribution in [0.2, 0.25) is 0 Å². The van der Waals surface area contributed by atoms with Crippen molar-refractivity contribution in [3.05, 3.63) is 71.8 Å². The molecule has 0 spiro atoms. The van der Waals surface area contributed by atoms with Crippen LogP contribution in [0.5, 0.6) is 0 Å². The number of hydrogen-bond acceptors (Lipinski definition) is 2. The van der Waals surface area contributed by atoms with E-state index in [1.165, 1.54) is 11.1 Å². The summed E-state index contributed by atoms with van der Waals surface area (Å²) in [7, 11) is -2.77. The maximum absolute atomic E-state index is 9.48. The third-order valence-electron chi connectivity index (χ3n) is 2.57. The van der Waals surface area contributed by atoms with Crippen molar-refractivity contribution in [3.8, 4) is 0 Å². The standard InChI is InChI=1S/C14H14.CH4ClO3P/c1-3-7-13(8-4-1)11-12-14-9-5-2-6-10-14;2-1-5-6(3)4/h1-10H,11-12H2;6H,1H2,(H,3,4). The maximum atomic E-state index is 9.48. The molecule has 0 aliphatic carbocycles. The fourth-order valence-corrected chi connectivity index (χ4v) is 2.00. The summed E-state index contributed by atoms with van der Waals surface area (Å²) in [6.45, 7) is 0. The molecule has 2 aromatic carbocycles. The third-order valence-corrected chi connectivity index (χ3v) is 3.25. The summed E-state index contributed by atoms with van der Waals surface area (Å²) < 4.78 is 13.4. The van der Waals surface area contributed by atoms with Crippen LogP contribution < -0.4 is 0 Å². The Hall–Kier alpha value is -1.12. The molecule has 3 nitrogen and oxygen atoms in total. The van der Waals surface area contributed by atoms with Crippen LogP contribution in [0.3, 0.4) is 0 Å². The largest absolute Gasteiger partial charge is 0.326 e. The molecule has 0 aliphatic rings. The molecule has 2 rings (SSSR count). The Morgan fingerprint density at radius 2 is 1.30 bits per heavy atom. The second-order valence-electron chi connectivity index (χ2n) is 3.99. The average Bonchev–Trinajstić information content (AvgIpc) is 2.48. The van der Waals surface area contributed by atoms with Crippen molar-refractivity contribution in [1.29, 1.82) is 0 Å². The van der Waals surface area contributed by atoms with Gasteiger partial charge in [0.2, 0.25) is 0 Å². The molecule has 1 atom stereocenters. The van der Waals surface area contributed by atoms with Crippen LogP contribution in [-0.2, 0) is 21.9 Å². The van der Waals surface area contributed by atoms with Gasteiger partial charge in [-0.05, 0) is 24.0 Å². The maximum Gasteiger partial charge on any atom is 0.317 e. The van der Waals surface area contributed by atoms with E-state index in [0.717, 1.165) is 12.8 Å². The van der Waals surface area contributed by atoms with Crippen molar-refractivity contribution < 1.29 is 14.0 Å². The molecular weight excluding hydrogens is 295 g/mol. The van der Waals surface area contributed by atoms with Gasteiger partial charge in [-0.2, -0.15) is 0 Å². The van der Waals surface area contributed by atoms with Gasteiger partial charge in [0.05, 0.1) is 0 Å². The number of benzene rings is 2. The predicted molar refractivity (Wildman–Crippen MR) is 83.3 cm³/mol. The van der Waals surface area contributed by atoms with Gasteiger partial charge in [0, 0.05) is 0 Å². The van der Waals surface area contributed by atoms with Crippen LogP contribution >= 0.6 is 19.9 Å². The van der Waals surface area contributed by atoms with Gasteiger partial charge in [0.25, 0.3) is 0 Å². The number of halogens is 1. The van der Waals surface area contributed by atoms with Crippen molar-refractivity contribution in [2.24, 2.45) is 0 Å². The lowest BCUT2D eigenvalue weighted by Crippen LogP contribution is -1.89. The minimum Gasteiger partial charge on any atom is -0.326 e. The van der Waals surface area contributed by atoms with E-state index < -0.39 is 8.25 Å². The van der Waals surface area contributed by atoms with Crippen molar-refractivity contribution in [2.75, 3.05) is 6.07 Å². The second kappa shape index (κ2) is 10.6. The number of hydrogen-bond donors (Lipinski definition) is 1. The first-order valence-electron chi connectivity index (χ1n) is 6.22. The molecule has 0 aromatic heterocycles. The first-order valence-corrected chi connectivity index (χ1v) is 8.01. The highest BCUT2D eigenvalue weighted by atomic mass is 35.5. The fourth-order valence-electron chi connectivity index (χ4n) is 1.62. The van der Waals surface area contributed by atoms with Gasteiger partial charge >= 0.3 is 8.25 Å². The third kappa shape index (κ3) is 8.13. The summed E-state index contributed by atoms with van der Waals surface area (Å²) in [6, 6.07) is 21.0. The molecule has 0 radical (unpaired) electrons. The molecule has 0 fully saturated rings. The molecule has 0 heterocycles. The lowest BCUT2D eigenvalue weighted by Gasteiger charge is -2.01. The van der Waals surface area contributed by atoms with E-state index >= 15 is 0 Å². The summed E-state index contributed by atoms with van der Waals surface area (Å²) in [5.41, 5.74) is 2.83. The van der Waals surface area contributed by atoms with Crippen molar-refractivity contribution in [3.63, 3.8) is 0 Å². The summed E-state index contributed by atoms with van der Waals surface area (Å²) in [6.07, 6.45) is 2.26. The lowest BCUT2D eigenvalue weighted by atomic mass is 10.0. The smallest absolute Gasteiger partial charge is 0.317 e. The lowest BCUT2D eigenvalue weighted by molar-refractivity contribution is 0.328. The molecule has 108 valence electrons. The summed E-state index contributed by atoms with van der Waals surface area (Å²) in [4.78, 5) is 7.79. The number of alkyl halides is 1. The van der Waals surface area contributed by atoms with Crippen LogP contribution in [0.4, 0.5) is 0 Å². The van der Waals surface area contributed by atoms with Gasteiger partial charge in [-0.15, -0.1) is 0 Å². The first-order chi connectivity index (χ1) is 9.72. The van der Waals surface area contributed by atoms with Gasteiger partial charge in [-0.25, -0.2) is 0 Å². The zero-order valence-electron chi connectivity index (χ0n) is 11.0. The van der Waals surface area contributed by atoms with Crippen molar-refractivity contribution >= 4 is 19.9 Å². The zero-order valence-corrected chi connectivity index (χ0v) is 12.8. The van der Waals surface area contributed by atoms with Gasteiger partial charge in [0.1, 0.15) is 6.07 Å². The monoisotopic (exact) mass is 312 g/mol. The Morgan fingerprint density at radius 3 is 1.55 bits per heavy atom. The quantitative estimate of drug-likeness (QED) is 0.669. The van der Waals surface area contributed by atoms with Crippen LogP contribution in [0, 0.1) is 0 Å². The van der Waals surface area contributed by atoms with Gasteiger partial charge in [-0.1, -0.05) is 72.3 Å². The summed E-state index contributed by atoms with van der Waals surface area (Å²) in [5.74, 6) is 0. The van der Waals surface area contributed by atoms with E-state index in [9.17, 15) is 4.57 Å². The van der Waals surface area contributed by atoms with E-state index in [4.69, 9.17) is 16.5 Å². The van der Waals surface area contributed by atoms with Crippen LogP contribution in [0.25, 0.3) is 0 Å². The van der Waals surface area contributed by atoms with Crippen LogP contribution in [-0.4, -0.2) is 11.0 Å². The average molecular weight is 313 g/mol. The highest BCUT2D eigenvalue weighted by Crippen LogP contribution is 2.13. The molecule has 20 heavy (non-hydrogen) atoms. The SMILES string of the molecule is O=[PH](O)OCCl.c1ccc(CCc2ccccc2)cc1. The van der Waals surface area contributed by atoms with Gasteiger partial charge < -0.3 is 4.89 Å². The molecule has 2 aromatic rings. The minimum absolute atomic E-state index is 0.214. The Bertz CT molecular complexity index is 451. The predicted octanol–water partition coefficient (Wildman–Crippen LogP) is 4.05. The first kappa shape index (κ1) is 16.9. The van der Waals surface area contributed by atoms with E-state index in [1.54, 1.807) is 0 Å². The number of rotatable bonds is 5. The Balaban J connectivity index is 0.000000286. The van der Waals surface area contributed by atoms with E-state index in [2.05, 4.69) is 65.2 Å². The second-order valence-corrected chi connectivity index (χ2v) is 5.03. The normalized spacial score (nSPS) is 11.3. The number of aryl methyl sites for hydroxylation is 2. The van der Waals surface area contributed by atoms with Crippen LogP contribution in [0.1, 0.15) is 11.1 Å². The Kier molecular flexibility index (Phi) is 9.01. The molecule has 5 heteroatoms. The molecule has 0 amide bonds. The highest BCUT2D eigenvalue weighted by molar-refractivity contribution is 7.32. The zero-order chi connectivity index (χ0) is 14.6. The van der Waals surface area contributed by atoms with E-state index in [1.807, 2.05) is 0 Å².